The van der Waals surface area contributed by atoms with E-state index in [2.05, 4.69) is 20.0 Å². The highest BCUT2D eigenvalue weighted by Gasteiger charge is 1.94. The number of H-pyrrole nitrogens is 1. The number of nitrogens with one attached hydrogen (secondary N) is 1. The molecular formula is C10H12N4O4S4. The maximum atomic E-state index is 10.1. The second-order valence-corrected chi connectivity index (χ2v) is 6.97. The maximum absolute atomic E-state index is 10.1. The quantitative estimate of drug-likeness (QED) is 0.366. The lowest BCUT2D eigenvalue weighted by Crippen LogP contribution is -1.95. The first kappa shape index (κ1) is 20.4. The molecule has 2 heterocycles. The van der Waals surface area contributed by atoms with Crippen molar-refractivity contribution < 1.29 is 19.1 Å². The molecule has 0 aliphatic carbocycles. The van der Waals surface area contributed by atoms with Crippen LogP contribution in [-0.4, -0.2) is 38.8 Å². The van der Waals surface area contributed by atoms with Crippen LogP contribution in [0.3, 0.4) is 0 Å². The normalized spacial score (nSPS) is 8.68. The van der Waals surface area contributed by atoms with E-state index in [1.807, 2.05) is 6.92 Å². The second kappa shape index (κ2) is 11.0. The van der Waals surface area contributed by atoms with E-state index in [4.69, 9.17) is 24.4 Å². The zero-order chi connectivity index (χ0) is 17.1. The molecule has 12 heteroatoms. The molecule has 0 fully saturated rings. The molecule has 0 spiro atoms. The zero-order valence-corrected chi connectivity index (χ0v) is 15.0. The minimum Gasteiger partial charge on any atom is -0.396 e. The summed E-state index contributed by atoms with van der Waals surface area (Å²) in [5.41, 5.74) is 0. The SMILES string of the molecule is CC(=O)OC=O.Cc1n[nH]c(=S)s1.Cc1nn(C=O)c(=S)s1. The van der Waals surface area contributed by atoms with Gasteiger partial charge in [0, 0.05) is 6.92 Å². The first-order chi connectivity index (χ1) is 10.3. The van der Waals surface area contributed by atoms with E-state index in [1.165, 1.54) is 22.7 Å². The van der Waals surface area contributed by atoms with Gasteiger partial charge in [-0.3, -0.25) is 19.5 Å². The van der Waals surface area contributed by atoms with Crippen molar-refractivity contribution in [2.24, 2.45) is 0 Å². The van der Waals surface area contributed by atoms with Crippen LogP contribution in [0.5, 0.6) is 0 Å². The van der Waals surface area contributed by atoms with Crippen LogP contribution >= 0.6 is 47.1 Å². The summed E-state index contributed by atoms with van der Waals surface area (Å²) in [6.07, 6.45) is 0.603. The first-order valence-electron chi connectivity index (χ1n) is 5.44. The van der Waals surface area contributed by atoms with Crippen molar-refractivity contribution in [1.82, 2.24) is 20.0 Å². The molecule has 0 radical (unpaired) electrons. The maximum Gasteiger partial charge on any atom is 0.310 e. The predicted octanol–water partition coefficient (Wildman–Crippen LogP) is 2.24. The summed E-state index contributed by atoms with van der Waals surface area (Å²) in [6.45, 7) is 4.98. The van der Waals surface area contributed by atoms with E-state index in [-0.39, 0.29) is 6.47 Å². The monoisotopic (exact) mass is 380 g/mol. The summed E-state index contributed by atoms with van der Waals surface area (Å²) in [4.78, 5) is 28.8. The second-order valence-electron chi connectivity index (χ2n) is 3.27. The molecule has 0 atom stereocenters. The van der Waals surface area contributed by atoms with E-state index in [0.717, 1.165) is 25.6 Å². The van der Waals surface area contributed by atoms with Crippen molar-refractivity contribution in [2.45, 2.75) is 20.8 Å². The summed E-state index contributed by atoms with van der Waals surface area (Å²) >= 11 is 12.3. The Morgan fingerprint density at radius 3 is 2.05 bits per heavy atom. The number of aromatic amines is 1. The molecule has 0 aromatic carbocycles. The fourth-order valence-corrected chi connectivity index (χ4v) is 2.69. The van der Waals surface area contributed by atoms with Crippen molar-refractivity contribution in [3.63, 3.8) is 0 Å². The van der Waals surface area contributed by atoms with Gasteiger partial charge in [0.15, 0.2) is 7.91 Å². The Hall–Kier alpha value is -1.63. The van der Waals surface area contributed by atoms with Crippen LogP contribution in [0, 0.1) is 21.8 Å². The van der Waals surface area contributed by atoms with Crippen LogP contribution in [0.4, 0.5) is 0 Å². The van der Waals surface area contributed by atoms with Crippen LogP contribution in [-0.2, 0) is 19.1 Å². The van der Waals surface area contributed by atoms with Gasteiger partial charge in [-0.25, -0.2) is 0 Å². The molecule has 0 aliphatic rings. The van der Waals surface area contributed by atoms with Crippen molar-refractivity contribution in [1.29, 1.82) is 0 Å². The topological polar surface area (TPSA) is 107 Å². The molecule has 2 aromatic heterocycles. The fourth-order valence-electron chi connectivity index (χ4n) is 0.825. The van der Waals surface area contributed by atoms with E-state index >= 15 is 0 Å². The summed E-state index contributed by atoms with van der Waals surface area (Å²) in [5.74, 6) is -0.579. The minimum absolute atomic E-state index is 0.0995. The molecule has 8 nitrogen and oxygen atoms in total. The van der Waals surface area contributed by atoms with Gasteiger partial charge < -0.3 is 4.74 Å². The Balaban J connectivity index is 0.000000309. The largest absolute Gasteiger partial charge is 0.396 e. The van der Waals surface area contributed by atoms with Crippen LogP contribution in [0.2, 0.25) is 0 Å². The molecular weight excluding hydrogens is 368 g/mol. The highest BCUT2D eigenvalue weighted by atomic mass is 32.2. The highest BCUT2D eigenvalue weighted by molar-refractivity contribution is 7.73. The molecule has 2 aromatic rings. The standard InChI is InChI=1S/C4H4N2OS2.C3H4N2S2.C3H4O3/c1-3-5-6(2-7)4(8)9-3;1-2-4-5-3(6)7-2;1-3(5)6-2-4/h2H,1H3;1H3,(H,5,6);2H,1H3. The van der Waals surface area contributed by atoms with Gasteiger partial charge in [0.1, 0.15) is 10.0 Å². The number of carbonyl (C=O) groups excluding carboxylic acids is 3. The van der Waals surface area contributed by atoms with Crippen molar-refractivity contribution in [3.05, 3.63) is 17.9 Å². The number of nitrogens with zero attached hydrogens (tertiary/aromatic N) is 3. The third-order valence-corrected chi connectivity index (χ3v) is 3.71. The Bertz CT molecular complexity index is 730. The van der Waals surface area contributed by atoms with Gasteiger partial charge in [0.25, 0.3) is 0 Å². The first-order valence-corrected chi connectivity index (χ1v) is 7.89. The van der Waals surface area contributed by atoms with Crippen LogP contribution in [0.1, 0.15) is 16.9 Å². The number of hydrogen-bond acceptors (Lipinski definition) is 10. The average molecular weight is 380 g/mol. The third kappa shape index (κ3) is 9.33. The van der Waals surface area contributed by atoms with Gasteiger partial charge >= 0.3 is 12.4 Å². The van der Waals surface area contributed by atoms with Crippen molar-refractivity contribution >= 4 is 66.0 Å². The Morgan fingerprint density at radius 1 is 1.27 bits per heavy atom. The smallest absolute Gasteiger partial charge is 0.310 e. The van der Waals surface area contributed by atoms with Gasteiger partial charge in [-0.2, -0.15) is 14.9 Å². The fraction of sp³-hybridized carbons (Fsp3) is 0.300. The number of esters is 1. The molecule has 0 aliphatic heterocycles. The van der Waals surface area contributed by atoms with Gasteiger partial charge in [0.2, 0.25) is 6.41 Å². The van der Waals surface area contributed by atoms with Gasteiger partial charge in [0.05, 0.1) is 0 Å². The molecule has 0 amide bonds. The number of aromatic nitrogens is 4. The number of hydrogen-bond donors (Lipinski definition) is 1. The van der Waals surface area contributed by atoms with Crippen LogP contribution in [0.15, 0.2) is 0 Å². The van der Waals surface area contributed by atoms with E-state index in [0.29, 0.717) is 10.4 Å². The zero-order valence-electron chi connectivity index (χ0n) is 11.8. The van der Waals surface area contributed by atoms with E-state index < -0.39 is 5.97 Å². The van der Waals surface area contributed by atoms with Crippen molar-refractivity contribution in [3.8, 4) is 0 Å². The highest BCUT2D eigenvalue weighted by Crippen LogP contribution is 2.03. The molecule has 120 valence electrons. The van der Waals surface area contributed by atoms with Crippen LogP contribution in [0.25, 0.3) is 0 Å². The summed E-state index contributed by atoms with van der Waals surface area (Å²) in [6, 6.07) is 0. The molecule has 0 saturated carbocycles. The summed E-state index contributed by atoms with van der Waals surface area (Å²) in [5, 5.41) is 12.1. The van der Waals surface area contributed by atoms with Gasteiger partial charge in [-0.15, -0.1) is 0 Å². The third-order valence-electron chi connectivity index (χ3n) is 1.53. The lowest BCUT2D eigenvalue weighted by atomic mass is 10.8. The molecule has 0 unspecified atom stereocenters. The van der Waals surface area contributed by atoms with Gasteiger partial charge in [-0.05, 0) is 38.3 Å². The Kier molecular flexibility index (Phi) is 10.2. The van der Waals surface area contributed by atoms with Crippen molar-refractivity contribution in [2.75, 3.05) is 0 Å². The number of aryl methyl sites for hydroxylation is 2. The van der Waals surface area contributed by atoms with Gasteiger partial charge in [-0.1, -0.05) is 22.7 Å². The Labute approximate surface area is 143 Å². The van der Waals surface area contributed by atoms with E-state index in [9.17, 15) is 14.4 Å². The average Bonchev–Trinajstić information content (AvgIpc) is 2.95. The predicted molar refractivity (Wildman–Crippen MR) is 87.7 cm³/mol. The lowest BCUT2D eigenvalue weighted by molar-refractivity contribution is -0.149. The van der Waals surface area contributed by atoms with Crippen LogP contribution < -0.4 is 0 Å². The van der Waals surface area contributed by atoms with E-state index in [1.54, 1.807) is 6.92 Å². The summed E-state index contributed by atoms with van der Waals surface area (Å²) in [7, 11) is 0. The lowest BCUT2D eigenvalue weighted by Gasteiger charge is -1.78. The molecule has 22 heavy (non-hydrogen) atoms. The number of rotatable bonds is 2. The summed E-state index contributed by atoms with van der Waals surface area (Å²) < 4.78 is 6.12. The number of ether oxygens (including phenoxy) is 1. The Morgan fingerprint density at radius 2 is 1.91 bits per heavy atom. The molecule has 0 saturated heterocycles. The molecule has 0 bridgehead atoms. The molecule has 1 N–H and O–H groups in total. The minimum atomic E-state index is -0.579. The molecule has 2 rings (SSSR count). The number of carbonyl (C=O) groups is 3.